The third-order valence-corrected chi connectivity index (χ3v) is 2.04. The van der Waals surface area contributed by atoms with Crippen LogP contribution < -0.4 is 10.5 Å². The smallest absolute Gasteiger partial charge is 0.126 e. The SMILES string of the molecule is CC(C)COc1cc(F)ccc1[C@H](C)N. The second kappa shape index (κ2) is 5.12. The number of ether oxygens (including phenoxy) is 1. The van der Waals surface area contributed by atoms with Gasteiger partial charge in [-0.25, -0.2) is 4.39 Å². The molecular formula is C12H18FNO. The third-order valence-electron chi connectivity index (χ3n) is 2.04. The number of benzene rings is 1. The Balaban J connectivity index is 2.87. The molecule has 0 heterocycles. The Hall–Kier alpha value is -1.09. The van der Waals surface area contributed by atoms with Crippen molar-refractivity contribution in [2.45, 2.75) is 26.8 Å². The highest BCUT2D eigenvalue weighted by Crippen LogP contribution is 2.25. The second-order valence-corrected chi connectivity index (χ2v) is 4.18. The van der Waals surface area contributed by atoms with Crippen LogP contribution in [0.25, 0.3) is 0 Å². The maximum absolute atomic E-state index is 13.0. The van der Waals surface area contributed by atoms with Crippen LogP contribution in [-0.2, 0) is 0 Å². The highest BCUT2D eigenvalue weighted by atomic mass is 19.1. The fourth-order valence-electron chi connectivity index (χ4n) is 1.27. The van der Waals surface area contributed by atoms with Gasteiger partial charge in [-0.05, 0) is 18.9 Å². The highest BCUT2D eigenvalue weighted by Gasteiger charge is 2.09. The molecule has 0 bridgehead atoms. The summed E-state index contributed by atoms with van der Waals surface area (Å²) >= 11 is 0. The van der Waals surface area contributed by atoms with Gasteiger partial charge in [0.1, 0.15) is 11.6 Å². The van der Waals surface area contributed by atoms with Gasteiger partial charge < -0.3 is 10.5 Å². The number of hydrogen-bond acceptors (Lipinski definition) is 2. The van der Waals surface area contributed by atoms with Gasteiger partial charge in [-0.3, -0.25) is 0 Å². The molecule has 84 valence electrons. The van der Waals surface area contributed by atoms with E-state index in [1.807, 2.05) is 20.8 Å². The van der Waals surface area contributed by atoms with Gasteiger partial charge >= 0.3 is 0 Å². The summed E-state index contributed by atoms with van der Waals surface area (Å²) in [5.74, 6) is 0.672. The number of nitrogens with two attached hydrogens (primary N) is 1. The minimum absolute atomic E-state index is 0.146. The predicted molar refractivity (Wildman–Crippen MR) is 59.3 cm³/mol. The lowest BCUT2D eigenvalue weighted by Gasteiger charge is -2.15. The average Bonchev–Trinajstić information content (AvgIpc) is 2.14. The molecule has 1 rings (SSSR count). The molecule has 0 amide bonds. The van der Waals surface area contributed by atoms with Crippen LogP contribution in [0.1, 0.15) is 32.4 Å². The molecule has 2 nitrogen and oxygen atoms in total. The first-order chi connectivity index (χ1) is 7.00. The molecule has 0 saturated heterocycles. The summed E-state index contributed by atoms with van der Waals surface area (Å²) in [6.45, 7) is 6.52. The Morgan fingerprint density at radius 1 is 1.33 bits per heavy atom. The van der Waals surface area contributed by atoms with E-state index in [0.717, 1.165) is 5.56 Å². The molecule has 0 spiro atoms. The van der Waals surface area contributed by atoms with Crippen molar-refractivity contribution in [1.29, 1.82) is 0 Å². The fourth-order valence-corrected chi connectivity index (χ4v) is 1.27. The molecule has 0 unspecified atom stereocenters. The number of hydrogen-bond donors (Lipinski definition) is 1. The van der Waals surface area contributed by atoms with E-state index in [1.165, 1.54) is 12.1 Å². The van der Waals surface area contributed by atoms with E-state index < -0.39 is 0 Å². The van der Waals surface area contributed by atoms with Gasteiger partial charge in [0.2, 0.25) is 0 Å². The zero-order valence-electron chi connectivity index (χ0n) is 9.46. The monoisotopic (exact) mass is 211 g/mol. The lowest BCUT2D eigenvalue weighted by molar-refractivity contribution is 0.266. The molecule has 0 saturated carbocycles. The van der Waals surface area contributed by atoms with E-state index in [-0.39, 0.29) is 11.9 Å². The van der Waals surface area contributed by atoms with E-state index in [1.54, 1.807) is 6.07 Å². The maximum Gasteiger partial charge on any atom is 0.126 e. The largest absolute Gasteiger partial charge is 0.493 e. The van der Waals surface area contributed by atoms with Crippen molar-refractivity contribution in [2.75, 3.05) is 6.61 Å². The summed E-state index contributed by atoms with van der Waals surface area (Å²) in [6.07, 6.45) is 0. The molecule has 0 fully saturated rings. The Kier molecular flexibility index (Phi) is 4.09. The molecule has 0 aliphatic heterocycles. The van der Waals surface area contributed by atoms with E-state index >= 15 is 0 Å². The summed E-state index contributed by atoms with van der Waals surface area (Å²) in [5.41, 5.74) is 6.61. The number of rotatable bonds is 4. The summed E-state index contributed by atoms with van der Waals surface area (Å²) in [7, 11) is 0. The van der Waals surface area contributed by atoms with Crippen LogP contribution in [0.2, 0.25) is 0 Å². The van der Waals surface area contributed by atoms with Gasteiger partial charge in [-0.2, -0.15) is 0 Å². The molecule has 15 heavy (non-hydrogen) atoms. The lowest BCUT2D eigenvalue weighted by atomic mass is 10.1. The van der Waals surface area contributed by atoms with Crippen LogP contribution in [0.3, 0.4) is 0 Å². The molecular weight excluding hydrogens is 193 g/mol. The molecule has 1 atom stereocenters. The standard InChI is InChI=1S/C12H18FNO/c1-8(2)7-15-12-6-10(13)4-5-11(12)9(3)14/h4-6,8-9H,7,14H2,1-3H3/t9-/m0/s1. The van der Waals surface area contributed by atoms with E-state index in [2.05, 4.69) is 0 Å². The van der Waals surface area contributed by atoms with E-state index in [4.69, 9.17) is 10.5 Å². The normalized spacial score (nSPS) is 12.9. The van der Waals surface area contributed by atoms with Gasteiger partial charge in [-0.15, -0.1) is 0 Å². The Morgan fingerprint density at radius 3 is 2.53 bits per heavy atom. The summed E-state index contributed by atoms with van der Waals surface area (Å²) < 4.78 is 18.5. The molecule has 0 aliphatic carbocycles. The summed E-state index contributed by atoms with van der Waals surface area (Å²) in [5, 5.41) is 0. The Bertz CT molecular complexity index is 323. The maximum atomic E-state index is 13.0. The summed E-state index contributed by atoms with van der Waals surface area (Å²) in [6, 6.07) is 4.32. The third kappa shape index (κ3) is 3.51. The average molecular weight is 211 g/mol. The van der Waals surface area contributed by atoms with E-state index in [9.17, 15) is 4.39 Å². The lowest BCUT2D eigenvalue weighted by Crippen LogP contribution is -2.11. The molecule has 0 radical (unpaired) electrons. The zero-order chi connectivity index (χ0) is 11.4. The predicted octanol–water partition coefficient (Wildman–Crippen LogP) is 2.88. The van der Waals surface area contributed by atoms with Crippen LogP contribution in [0.5, 0.6) is 5.75 Å². The van der Waals surface area contributed by atoms with Crippen molar-refractivity contribution >= 4 is 0 Å². The van der Waals surface area contributed by atoms with Gasteiger partial charge in [0.15, 0.2) is 0 Å². The van der Waals surface area contributed by atoms with Crippen molar-refractivity contribution < 1.29 is 9.13 Å². The zero-order valence-corrected chi connectivity index (χ0v) is 9.46. The topological polar surface area (TPSA) is 35.2 Å². The van der Waals surface area contributed by atoms with Gasteiger partial charge in [0.05, 0.1) is 6.61 Å². The van der Waals surface area contributed by atoms with Crippen LogP contribution >= 0.6 is 0 Å². The first-order valence-corrected chi connectivity index (χ1v) is 5.18. The molecule has 0 aromatic heterocycles. The van der Waals surface area contributed by atoms with E-state index in [0.29, 0.717) is 18.3 Å². The van der Waals surface area contributed by atoms with Crippen LogP contribution in [0, 0.1) is 11.7 Å². The summed E-state index contributed by atoms with van der Waals surface area (Å²) in [4.78, 5) is 0. The molecule has 1 aromatic rings. The van der Waals surface area contributed by atoms with Crippen LogP contribution in [-0.4, -0.2) is 6.61 Å². The number of halogens is 1. The minimum Gasteiger partial charge on any atom is -0.493 e. The van der Waals surface area contributed by atoms with Crippen LogP contribution in [0.15, 0.2) is 18.2 Å². The Morgan fingerprint density at radius 2 is 2.00 bits per heavy atom. The van der Waals surface area contributed by atoms with Crippen molar-refractivity contribution in [3.8, 4) is 5.75 Å². The van der Waals surface area contributed by atoms with Gasteiger partial charge in [-0.1, -0.05) is 19.9 Å². The van der Waals surface area contributed by atoms with Gasteiger partial charge in [0, 0.05) is 17.7 Å². The first-order valence-electron chi connectivity index (χ1n) is 5.18. The quantitative estimate of drug-likeness (QED) is 0.831. The van der Waals surface area contributed by atoms with Gasteiger partial charge in [0.25, 0.3) is 0 Å². The minimum atomic E-state index is -0.293. The molecule has 0 aliphatic rings. The second-order valence-electron chi connectivity index (χ2n) is 4.18. The molecule has 1 aromatic carbocycles. The highest BCUT2D eigenvalue weighted by molar-refractivity contribution is 5.36. The fraction of sp³-hybridized carbons (Fsp3) is 0.500. The first kappa shape index (κ1) is 12.0. The van der Waals surface area contributed by atoms with Crippen molar-refractivity contribution in [3.05, 3.63) is 29.6 Å². The molecule has 2 N–H and O–H groups in total. The Labute approximate surface area is 90.2 Å². The van der Waals surface area contributed by atoms with Crippen molar-refractivity contribution in [3.63, 3.8) is 0 Å². The van der Waals surface area contributed by atoms with Crippen molar-refractivity contribution in [1.82, 2.24) is 0 Å². The van der Waals surface area contributed by atoms with Crippen molar-refractivity contribution in [2.24, 2.45) is 11.7 Å². The van der Waals surface area contributed by atoms with Crippen LogP contribution in [0.4, 0.5) is 4.39 Å². The molecule has 3 heteroatoms.